The third-order valence-corrected chi connectivity index (χ3v) is 5.17. The van der Waals surface area contributed by atoms with E-state index in [9.17, 15) is 13.2 Å². The Morgan fingerprint density at radius 2 is 1.88 bits per heavy atom. The van der Waals surface area contributed by atoms with Crippen LogP contribution in [0.2, 0.25) is 0 Å². The van der Waals surface area contributed by atoms with E-state index in [-0.39, 0.29) is 16.5 Å². The molecule has 0 fully saturated rings. The minimum absolute atomic E-state index is 0.268. The summed E-state index contributed by atoms with van der Waals surface area (Å²) in [7, 11) is -4.30. The topological polar surface area (TPSA) is 156 Å². The van der Waals surface area contributed by atoms with Crippen LogP contribution < -0.4 is 14.8 Å². The molecule has 4 rings (SSSR count). The number of nitrogens with one attached hydrogen (secondary N) is 2. The highest BCUT2D eigenvalue weighted by Crippen LogP contribution is 2.26. The molecule has 0 aliphatic rings. The van der Waals surface area contributed by atoms with Crippen molar-refractivity contribution in [3.63, 3.8) is 0 Å². The fraction of sp³-hybridized carbons (Fsp3) is 0.100. The van der Waals surface area contributed by atoms with Gasteiger partial charge < -0.3 is 19.8 Å². The van der Waals surface area contributed by atoms with Gasteiger partial charge in [0.15, 0.2) is 17.3 Å². The Labute approximate surface area is 182 Å². The second kappa shape index (κ2) is 8.61. The lowest BCUT2D eigenvalue weighted by Crippen LogP contribution is -2.30. The minimum Gasteiger partial charge on any atom is -0.481 e. The maximum atomic E-state index is 12.5. The second-order valence-corrected chi connectivity index (χ2v) is 8.03. The number of benzene rings is 2. The lowest BCUT2D eigenvalue weighted by atomic mass is 10.2. The molecule has 2 aromatic heterocycles. The number of nitrogens with zero attached hydrogens (tertiary/aromatic N) is 3. The first-order chi connectivity index (χ1) is 15.3. The average molecular weight is 455 g/mol. The van der Waals surface area contributed by atoms with E-state index >= 15 is 0 Å². The smallest absolute Gasteiger partial charge is 0.294 e. The van der Waals surface area contributed by atoms with Crippen molar-refractivity contribution in [2.24, 2.45) is 0 Å². The molecule has 0 radical (unpaired) electrons. The molecule has 0 aliphatic carbocycles. The van der Waals surface area contributed by atoms with Crippen LogP contribution in [0.15, 0.2) is 66.1 Å². The molecular formula is C20H17N5O6S. The lowest BCUT2D eigenvalue weighted by molar-refractivity contribution is -0.122. The van der Waals surface area contributed by atoms with Crippen LogP contribution in [0.1, 0.15) is 6.92 Å². The van der Waals surface area contributed by atoms with Crippen LogP contribution in [0.5, 0.6) is 17.4 Å². The third-order valence-electron chi connectivity index (χ3n) is 4.30. The summed E-state index contributed by atoms with van der Waals surface area (Å²) in [6.45, 7) is 1.54. The first-order valence-electron chi connectivity index (χ1n) is 9.27. The molecule has 12 heteroatoms. The Morgan fingerprint density at radius 3 is 2.62 bits per heavy atom. The monoisotopic (exact) mass is 455 g/mol. The lowest BCUT2D eigenvalue weighted by Gasteiger charge is -2.15. The first-order valence-corrected chi connectivity index (χ1v) is 10.7. The van der Waals surface area contributed by atoms with Gasteiger partial charge in [-0.3, -0.25) is 9.35 Å². The van der Waals surface area contributed by atoms with Crippen LogP contribution in [-0.2, 0) is 14.9 Å². The van der Waals surface area contributed by atoms with Gasteiger partial charge in [-0.05, 0) is 43.3 Å². The Bertz CT molecular complexity index is 1370. The molecule has 11 nitrogen and oxygen atoms in total. The van der Waals surface area contributed by atoms with Gasteiger partial charge in [-0.1, -0.05) is 6.07 Å². The zero-order valence-electron chi connectivity index (χ0n) is 16.6. The Hall–Kier alpha value is -4.03. The summed E-state index contributed by atoms with van der Waals surface area (Å²) in [6.07, 6.45) is 1.95. The van der Waals surface area contributed by atoms with Gasteiger partial charge in [-0.25, -0.2) is 9.97 Å². The maximum Gasteiger partial charge on any atom is 0.294 e. The van der Waals surface area contributed by atoms with Crippen molar-refractivity contribution in [3.05, 3.63) is 61.2 Å². The van der Waals surface area contributed by atoms with Crippen molar-refractivity contribution in [2.45, 2.75) is 17.9 Å². The summed E-state index contributed by atoms with van der Waals surface area (Å²) in [5.74, 6) is 0.534. The van der Waals surface area contributed by atoms with Gasteiger partial charge >= 0.3 is 0 Å². The predicted molar refractivity (Wildman–Crippen MR) is 113 cm³/mol. The SMILES string of the molecule is CC(Oc1ccc(S(=O)(=O)O)cc1)C(=O)Nc1cccc(Oc2ncnc3[nH]cnc23)c1. The third kappa shape index (κ3) is 4.82. The number of aromatic nitrogens is 4. The van der Waals surface area contributed by atoms with E-state index in [0.29, 0.717) is 22.6 Å². The molecule has 0 saturated carbocycles. The largest absolute Gasteiger partial charge is 0.481 e. The average Bonchev–Trinajstić information content (AvgIpc) is 3.24. The number of amides is 1. The van der Waals surface area contributed by atoms with Crippen molar-refractivity contribution in [1.82, 2.24) is 19.9 Å². The molecule has 1 amide bonds. The zero-order chi connectivity index (χ0) is 22.7. The summed E-state index contributed by atoms with van der Waals surface area (Å²) in [5.41, 5.74) is 1.48. The number of ether oxygens (including phenoxy) is 2. The highest BCUT2D eigenvalue weighted by atomic mass is 32.2. The van der Waals surface area contributed by atoms with E-state index in [1.807, 2.05) is 0 Å². The van der Waals surface area contributed by atoms with Gasteiger partial charge in [0.2, 0.25) is 0 Å². The molecule has 0 aliphatic heterocycles. The van der Waals surface area contributed by atoms with Crippen molar-refractivity contribution >= 4 is 32.9 Å². The second-order valence-electron chi connectivity index (χ2n) is 6.60. The summed E-state index contributed by atoms with van der Waals surface area (Å²) < 4.78 is 42.5. The molecule has 0 saturated heterocycles. The number of fused-ring (bicyclic) bond motifs is 1. The highest BCUT2D eigenvalue weighted by Gasteiger charge is 2.17. The number of carbonyl (C=O) groups is 1. The van der Waals surface area contributed by atoms with Crippen LogP contribution in [-0.4, -0.2) is 44.9 Å². The number of anilines is 1. The zero-order valence-corrected chi connectivity index (χ0v) is 17.4. The molecule has 2 aromatic carbocycles. The van der Waals surface area contributed by atoms with E-state index < -0.39 is 22.1 Å². The molecule has 2 heterocycles. The van der Waals surface area contributed by atoms with Gasteiger partial charge in [-0.2, -0.15) is 13.4 Å². The van der Waals surface area contributed by atoms with Gasteiger partial charge in [0, 0.05) is 11.8 Å². The molecule has 1 unspecified atom stereocenters. The maximum absolute atomic E-state index is 12.5. The number of hydrogen-bond donors (Lipinski definition) is 3. The summed E-state index contributed by atoms with van der Waals surface area (Å²) in [6, 6.07) is 11.8. The fourth-order valence-corrected chi connectivity index (χ4v) is 3.24. The minimum atomic E-state index is -4.30. The standard InChI is InChI=1S/C20H17N5O6S/c1-12(30-14-5-7-16(8-6-14)32(27,28)29)19(26)25-13-3-2-4-15(9-13)31-20-17-18(22-10-21-17)23-11-24-20/h2-12H,1H3,(H,25,26)(H,27,28,29)(H,21,22,23,24). The molecule has 1 atom stereocenters. The van der Waals surface area contributed by atoms with E-state index in [1.54, 1.807) is 31.2 Å². The van der Waals surface area contributed by atoms with Crippen LogP contribution in [0.3, 0.4) is 0 Å². The van der Waals surface area contributed by atoms with Crippen molar-refractivity contribution in [1.29, 1.82) is 0 Å². The van der Waals surface area contributed by atoms with Crippen LogP contribution in [0.4, 0.5) is 5.69 Å². The van der Waals surface area contributed by atoms with Gasteiger partial charge in [0.1, 0.15) is 17.8 Å². The number of H-pyrrole nitrogens is 1. The van der Waals surface area contributed by atoms with Gasteiger partial charge in [0.25, 0.3) is 21.9 Å². The quantitative estimate of drug-likeness (QED) is 0.356. The molecular weight excluding hydrogens is 438 g/mol. The molecule has 0 bridgehead atoms. The van der Waals surface area contributed by atoms with Crippen molar-refractivity contribution < 1.29 is 27.2 Å². The summed E-state index contributed by atoms with van der Waals surface area (Å²) in [5, 5.41) is 2.72. The van der Waals surface area contributed by atoms with Crippen molar-refractivity contribution in [3.8, 4) is 17.4 Å². The number of carbonyl (C=O) groups excluding carboxylic acids is 1. The Morgan fingerprint density at radius 1 is 1.09 bits per heavy atom. The van der Waals surface area contributed by atoms with Crippen molar-refractivity contribution in [2.75, 3.05) is 5.32 Å². The number of rotatable bonds is 7. The molecule has 4 aromatic rings. The van der Waals surface area contributed by atoms with E-state index in [2.05, 4.69) is 25.3 Å². The molecule has 3 N–H and O–H groups in total. The first kappa shape index (κ1) is 21.2. The van der Waals surface area contributed by atoms with Crippen LogP contribution >= 0.6 is 0 Å². The number of aromatic amines is 1. The van der Waals surface area contributed by atoms with E-state index in [4.69, 9.17) is 14.0 Å². The number of hydrogen-bond acceptors (Lipinski definition) is 8. The van der Waals surface area contributed by atoms with Gasteiger partial charge in [0.05, 0.1) is 11.2 Å². The molecule has 0 spiro atoms. The normalized spacial score (nSPS) is 12.3. The highest BCUT2D eigenvalue weighted by molar-refractivity contribution is 7.85. The van der Waals surface area contributed by atoms with Crippen LogP contribution in [0.25, 0.3) is 11.2 Å². The van der Waals surface area contributed by atoms with E-state index in [0.717, 1.165) is 0 Å². The van der Waals surface area contributed by atoms with Gasteiger partial charge in [-0.15, -0.1) is 0 Å². The summed E-state index contributed by atoms with van der Waals surface area (Å²) >= 11 is 0. The number of imidazole rings is 1. The summed E-state index contributed by atoms with van der Waals surface area (Å²) in [4.78, 5) is 27.4. The Balaban J connectivity index is 1.41. The predicted octanol–water partition coefficient (Wildman–Crippen LogP) is 2.80. The van der Waals surface area contributed by atoms with Crippen LogP contribution in [0, 0.1) is 0 Å². The molecule has 32 heavy (non-hydrogen) atoms. The molecule has 164 valence electrons. The fourth-order valence-electron chi connectivity index (χ4n) is 2.76. The Kier molecular flexibility index (Phi) is 5.71. The van der Waals surface area contributed by atoms with E-state index in [1.165, 1.54) is 36.9 Å².